The Bertz CT molecular complexity index is 626. The van der Waals surface area contributed by atoms with Crippen LogP contribution in [0.5, 0.6) is 0 Å². The summed E-state index contributed by atoms with van der Waals surface area (Å²) in [6, 6.07) is 12.0. The van der Waals surface area contributed by atoms with Crippen molar-refractivity contribution < 1.29 is 14.7 Å². The van der Waals surface area contributed by atoms with Crippen molar-refractivity contribution in [3.8, 4) is 0 Å². The van der Waals surface area contributed by atoms with Gasteiger partial charge in [0.2, 0.25) is 0 Å². The number of fused-ring (bicyclic) bond motifs is 2. The Kier molecular flexibility index (Phi) is 5.35. The van der Waals surface area contributed by atoms with Gasteiger partial charge in [0.1, 0.15) is 32.7 Å². The first-order chi connectivity index (χ1) is 13.3. The zero-order chi connectivity index (χ0) is 18.1. The SMILES string of the molecule is C1=C[C@H]2C[C@H]1C[C@@H]2C[NH+]1CC[NH+](C2CC[NH+](Cc3ccccc3)CC2)CC1. The van der Waals surface area contributed by atoms with Crippen molar-refractivity contribution in [2.24, 2.45) is 17.8 Å². The molecule has 2 aliphatic carbocycles. The lowest BCUT2D eigenvalue weighted by Gasteiger charge is -2.38. The summed E-state index contributed by atoms with van der Waals surface area (Å²) in [6.45, 7) is 11.1. The standard InChI is InChI=1S/C24H35N3/c1-2-4-20(5-3-1)18-25-10-8-24(9-11-25)27-14-12-26(13-15-27)19-23-17-21-6-7-22(23)16-21/h1-7,21-24H,8-19H2/p+3/t21-,22-,23+/m0/s1. The van der Waals surface area contributed by atoms with Crippen LogP contribution >= 0.6 is 0 Å². The molecule has 27 heavy (non-hydrogen) atoms. The number of piperazine rings is 1. The van der Waals surface area contributed by atoms with Gasteiger partial charge in [-0.2, -0.15) is 0 Å². The average molecular weight is 369 g/mol. The maximum atomic E-state index is 2.53. The minimum atomic E-state index is 0.935. The lowest BCUT2D eigenvalue weighted by atomic mass is 9.93. The molecule has 3 heteroatoms. The third-order valence-corrected chi connectivity index (χ3v) is 8.13. The number of rotatable bonds is 5. The normalized spacial score (nSPS) is 41.1. The summed E-state index contributed by atoms with van der Waals surface area (Å²) in [7, 11) is 0. The van der Waals surface area contributed by atoms with Crippen LogP contribution in [-0.4, -0.2) is 51.9 Å². The van der Waals surface area contributed by atoms with E-state index in [1.807, 2.05) is 9.80 Å². The molecule has 4 aliphatic rings. The summed E-state index contributed by atoms with van der Waals surface area (Å²) in [5.74, 6) is 2.88. The van der Waals surface area contributed by atoms with Crippen molar-refractivity contribution in [1.82, 2.24) is 0 Å². The van der Waals surface area contributed by atoms with E-state index in [1.54, 1.807) is 4.90 Å². The molecule has 0 radical (unpaired) electrons. The number of benzene rings is 1. The molecule has 5 rings (SSSR count). The second-order valence-electron chi connectivity index (χ2n) is 9.84. The number of nitrogens with one attached hydrogen (secondary N) is 3. The Hall–Kier alpha value is -1.16. The minimum absolute atomic E-state index is 0.935. The minimum Gasteiger partial charge on any atom is -0.331 e. The zero-order valence-electron chi connectivity index (χ0n) is 16.8. The lowest BCUT2D eigenvalue weighted by Crippen LogP contribution is -3.30. The quantitative estimate of drug-likeness (QED) is 0.565. The van der Waals surface area contributed by atoms with Gasteiger partial charge < -0.3 is 14.7 Å². The van der Waals surface area contributed by atoms with Gasteiger partial charge in [-0.25, -0.2) is 0 Å². The molecule has 146 valence electrons. The average Bonchev–Trinajstić information content (AvgIpc) is 3.33. The van der Waals surface area contributed by atoms with Gasteiger partial charge >= 0.3 is 0 Å². The Labute approximate surface area is 165 Å². The summed E-state index contributed by atoms with van der Waals surface area (Å²) >= 11 is 0. The van der Waals surface area contributed by atoms with Crippen LogP contribution in [0, 0.1) is 17.8 Å². The molecule has 2 bridgehead atoms. The molecule has 3 N–H and O–H groups in total. The first kappa shape index (κ1) is 17.9. The van der Waals surface area contributed by atoms with E-state index < -0.39 is 0 Å². The van der Waals surface area contributed by atoms with Crippen LogP contribution in [0.3, 0.4) is 0 Å². The highest BCUT2D eigenvalue weighted by molar-refractivity contribution is 5.13. The van der Waals surface area contributed by atoms with Gasteiger partial charge in [0.05, 0.1) is 25.7 Å². The van der Waals surface area contributed by atoms with Crippen LogP contribution in [-0.2, 0) is 6.54 Å². The molecule has 0 spiro atoms. The Morgan fingerprint density at radius 3 is 2.22 bits per heavy atom. The summed E-state index contributed by atoms with van der Waals surface area (Å²) in [5, 5.41) is 0. The summed E-state index contributed by atoms with van der Waals surface area (Å²) < 4.78 is 0. The molecule has 0 aromatic heterocycles. The number of likely N-dealkylation sites (tertiary alicyclic amines) is 1. The fourth-order valence-corrected chi connectivity index (χ4v) is 6.53. The van der Waals surface area contributed by atoms with Gasteiger partial charge in [-0.3, -0.25) is 0 Å². The molecule has 2 saturated heterocycles. The van der Waals surface area contributed by atoms with E-state index in [0.29, 0.717) is 0 Å². The number of hydrogen-bond acceptors (Lipinski definition) is 0. The van der Waals surface area contributed by atoms with Gasteiger partial charge in [-0.15, -0.1) is 0 Å². The highest BCUT2D eigenvalue weighted by atomic mass is 15.3. The number of hydrogen-bond donors (Lipinski definition) is 3. The van der Waals surface area contributed by atoms with Gasteiger partial charge in [0.15, 0.2) is 0 Å². The smallest absolute Gasteiger partial charge is 0.127 e. The Balaban J connectivity index is 1.04. The first-order valence-corrected chi connectivity index (χ1v) is 11.6. The van der Waals surface area contributed by atoms with Crippen molar-refractivity contribution in [3.05, 3.63) is 48.0 Å². The highest BCUT2D eigenvalue weighted by Crippen LogP contribution is 2.42. The molecule has 1 saturated carbocycles. The van der Waals surface area contributed by atoms with E-state index in [9.17, 15) is 0 Å². The van der Waals surface area contributed by atoms with E-state index in [-0.39, 0.29) is 0 Å². The van der Waals surface area contributed by atoms with E-state index in [4.69, 9.17) is 0 Å². The molecule has 3 nitrogen and oxygen atoms in total. The van der Waals surface area contributed by atoms with Crippen molar-refractivity contribution in [3.63, 3.8) is 0 Å². The largest absolute Gasteiger partial charge is 0.331 e. The number of allylic oxidation sites excluding steroid dienone is 2. The predicted octanol–water partition coefficient (Wildman–Crippen LogP) is -0.770. The van der Waals surface area contributed by atoms with Crippen LogP contribution in [0.2, 0.25) is 0 Å². The predicted molar refractivity (Wildman–Crippen MR) is 109 cm³/mol. The molecular formula is C24H38N3+3. The van der Waals surface area contributed by atoms with E-state index in [2.05, 4.69) is 42.5 Å². The van der Waals surface area contributed by atoms with Crippen LogP contribution in [0.25, 0.3) is 0 Å². The third-order valence-electron chi connectivity index (χ3n) is 8.13. The van der Waals surface area contributed by atoms with Crippen molar-refractivity contribution in [2.45, 2.75) is 38.3 Å². The fourth-order valence-electron chi connectivity index (χ4n) is 6.53. The number of piperidine rings is 1. The van der Waals surface area contributed by atoms with Crippen molar-refractivity contribution >= 4 is 0 Å². The summed E-state index contributed by atoms with van der Waals surface area (Å²) in [5.41, 5.74) is 1.51. The van der Waals surface area contributed by atoms with E-state index in [1.165, 1.54) is 83.6 Å². The molecule has 2 heterocycles. The second-order valence-corrected chi connectivity index (χ2v) is 9.84. The van der Waals surface area contributed by atoms with Crippen molar-refractivity contribution in [2.75, 3.05) is 45.8 Å². The second kappa shape index (κ2) is 8.06. The molecule has 0 unspecified atom stereocenters. The fraction of sp³-hybridized carbons (Fsp3) is 0.667. The molecule has 3 fully saturated rings. The van der Waals surface area contributed by atoms with Crippen LogP contribution in [0.15, 0.2) is 42.5 Å². The summed E-state index contributed by atoms with van der Waals surface area (Å²) in [6.07, 6.45) is 10.9. The topological polar surface area (TPSA) is 13.3 Å². The Morgan fingerprint density at radius 1 is 0.778 bits per heavy atom. The van der Waals surface area contributed by atoms with Gasteiger partial charge in [-0.05, 0) is 24.7 Å². The molecule has 2 aliphatic heterocycles. The van der Waals surface area contributed by atoms with Gasteiger partial charge in [0.25, 0.3) is 0 Å². The van der Waals surface area contributed by atoms with Crippen LogP contribution in [0.4, 0.5) is 0 Å². The molecule has 0 amide bonds. The third kappa shape index (κ3) is 4.16. The Morgan fingerprint density at radius 2 is 1.56 bits per heavy atom. The van der Waals surface area contributed by atoms with Crippen LogP contribution < -0.4 is 14.7 Å². The number of quaternary nitrogens is 3. The first-order valence-electron chi connectivity index (χ1n) is 11.6. The van der Waals surface area contributed by atoms with E-state index >= 15 is 0 Å². The van der Waals surface area contributed by atoms with Crippen LogP contribution in [0.1, 0.15) is 31.2 Å². The van der Waals surface area contributed by atoms with Crippen molar-refractivity contribution in [1.29, 1.82) is 0 Å². The summed E-state index contributed by atoms with van der Waals surface area (Å²) in [4.78, 5) is 5.65. The maximum absolute atomic E-state index is 2.53. The maximum Gasteiger partial charge on any atom is 0.127 e. The van der Waals surface area contributed by atoms with E-state index in [0.717, 1.165) is 23.8 Å². The van der Waals surface area contributed by atoms with Gasteiger partial charge in [0, 0.05) is 24.3 Å². The molecular weight excluding hydrogens is 330 g/mol. The molecule has 3 atom stereocenters. The molecule has 1 aromatic carbocycles. The van der Waals surface area contributed by atoms with Gasteiger partial charge in [-0.1, -0.05) is 42.5 Å². The molecule has 1 aromatic rings. The highest BCUT2D eigenvalue weighted by Gasteiger charge is 2.39. The zero-order valence-corrected chi connectivity index (χ0v) is 16.8. The monoisotopic (exact) mass is 368 g/mol. The lowest BCUT2D eigenvalue weighted by molar-refractivity contribution is -1.03.